The van der Waals surface area contributed by atoms with E-state index in [1.54, 1.807) is 41.2 Å². The molecule has 0 bridgehead atoms. The van der Waals surface area contributed by atoms with E-state index < -0.39 is 12.3 Å². The Hall–Kier alpha value is -4.38. The fourth-order valence-electron chi connectivity index (χ4n) is 5.28. The van der Waals surface area contributed by atoms with E-state index in [1.165, 1.54) is 0 Å². The smallest absolute Gasteiger partial charge is 0.323 e. The van der Waals surface area contributed by atoms with E-state index in [2.05, 4.69) is 22.5 Å². The second kappa shape index (κ2) is 14.4. The molecule has 2 amide bonds. The Kier molecular flexibility index (Phi) is 9.87. The summed E-state index contributed by atoms with van der Waals surface area (Å²) in [6.45, 7) is 2.41. The molecule has 0 radical (unpaired) electrons. The van der Waals surface area contributed by atoms with Gasteiger partial charge in [0.1, 0.15) is 16.7 Å². The first-order chi connectivity index (χ1) is 22.4. The number of aliphatic hydroxyl groups excluding tert-OH is 1. The fourth-order valence-corrected chi connectivity index (χ4v) is 5.59. The average molecular weight is 660 g/mol. The van der Waals surface area contributed by atoms with Crippen LogP contribution in [0.5, 0.6) is 11.5 Å². The predicted molar refractivity (Wildman–Crippen MR) is 177 cm³/mol. The van der Waals surface area contributed by atoms with Crippen molar-refractivity contribution < 1.29 is 24.1 Å². The number of rotatable bonds is 9. The number of carbonyl (C=O) groups is 1. The molecule has 6 rings (SSSR count). The monoisotopic (exact) mass is 658 g/mol. The van der Waals surface area contributed by atoms with Gasteiger partial charge in [0.25, 0.3) is 0 Å². The Labute approximate surface area is 276 Å². The Balaban J connectivity index is 1.16. The number of aromatic nitrogens is 2. The summed E-state index contributed by atoms with van der Waals surface area (Å²) in [5.74, 6) is 1.31. The van der Waals surface area contributed by atoms with Gasteiger partial charge in [0.15, 0.2) is 11.4 Å². The highest BCUT2D eigenvalue weighted by Gasteiger charge is 2.39. The van der Waals surface area contributed by atoms with Gasteiger partial charge in [0, 0.05) is 22.9 Å². The number of aliphatic hydroxyl groups is 1. The molecule has 4 atom stereocenters. The summed E-state index contributed by atoms with van der Waals surface area (Å²) in [7, 11) is 0. The summed E-state index contributed by atoms with van der Waals surface area (Å²) in [6.07, 6.45) is 0.188. The van der Waals surface area contributed by atoms with Gasteiger partial charge in [0.2, 0.25) is 0 Å². The number of urea groups is 1. The van der Waals surface area contributed by atoms with Gasteiger partial charge in [-0.2, -0.15) is 0 Å². The molecule has 2 heterocycles. The minimum Gasteiger partial charge on any atom is -0.457 e. The van der Waals surface area contributed by atoms with E-state index in [-0.39, 0.29) is 29.9 Å². The minimum atomic E-state index is -0.747. The van der Waals surface area contributed by atoms with Crippen LogP contribution in [0.3, 0.4) is 0 Å². The van der Waals surface area contributed by atoms with Crippen molar-refractivity contribution >= 4 is 40.6 Å². The van der Waals surface area contributed by atoms with Gasteiger partial charge in [-0.05, 0) is 59.7 Å². The second-order valence-corrected chi connectivity index (χ2v) is 11.7. The van der Waals surface area contributed by atoms with Crippen molar-refractivity contribution in [1.29, 1.82) is 0 Å². The summed E-state index contributed by atoms with van der Waals surface area (Å²) in [4.78, 5) is 17.0. The van der Waals surface area contributed by atoms with Gasteiger partial charge in [-0.1, -0.05) is 84.7 Å². The molecule has 11 heteroatoms. The Morgan fingerprint density at radius 1 is 0.870 bits per heavy atom. The van der Waals surface area contributed by atoms with Crippen LogP contribution in [0.4, 0.5) is 16.2 Å². The van der Waals surface area contributed by atoms with Gasteiger partial charge in [-0.15, -0.1) is 0 Å². The number of carbonyl (C=O) groups excluding carboxylic acids is 1. The normalized spacial score (nSPS) is 19.4. The number of hydrogen-bond acceptors (Lipinski definition) is 6. The van der Waals surface area contributed by atoms with Crippen LogP contribution < -0.4 is 15.4 Å². The molecule has 0 spiro atoms. The SMILES string of the molecule is C[C@H]1[C@@H](Cn2cnc(Cl)c2Cl)O[C@@H](c2cccc(NC(=O)Nc3ccc(Oc4ccccc4)cc3)c2)O[C@H]1c1ccc(CO)cc1. The summed E-state index contributed by atoms with van der Waals surface area (Å²) < 4.78 is 20.6. The molecular formula is C35H32Cl2N4O5. The number of anilines is 2. The lowest BCUT2D eigenvalue weighted by atomic mass is 9.90. The second-order valence-electron chi connectivity index (χ2n) is 10.9. The lowest BCUT2D eigenvalue weighted by Crippen LogP contribution is -2.39. The number of benzene rings is 4. The zero-order valence-corrected chi connectivity index (χ0v) is 26.4. The molecule has 1 aliphatic rings. The molecule has 4 aromatic carbocycles. The van der Waals surface area contributed by atoms with Crippen molar-refractivity contribution in [2.24, 2.45) is 5.92 Å². The van der Waals surface area contributed by atoms with Crippen LogP contribution in [0, 0.1) is 5.92 Å². The first kappa shape index (κ1) is 31.6. The van der Waals surface area contributed by atoms with Gasteiger partial charge in [-0.25, -0.2) is 9.78 Å². The number of ether oxygens (including phenoxy) is 3. The van der Waals surface area contributed by atoms with Gasteiger partial charge < -0.3 is 34.5 Å². The highest BCUT2D eigenvalue weighted by atomic mass is 35.5. The van der Waals surface area contributed by atoms with E-state index >= 15 is 0 Å². The van der Waals surface area contributed by atoms with Crippen LogP contribution in [0.2, 0.25) is 10.3 Å². The van der Waals surface area contributed by atoms with Crippen molar-refractivity contribution in [3.8, 4) is 11.5 Å². The average Bonchev–Trinajstić information content (AvgIpc) is 3.39. The highest BCUT2D eigenvalue weighted by molar-refractivity contribution is 6.40. The number of para-hydroxylation sites is 1. The van der Waals surface area contributed by atoms with E-state index in [0.717, 1.165) is 22.4 Å². The molecule has 0 saturated carbocycles. The number of nitrogens with zero attached hydrogens (tertiary/aromatic N) is 2. The van der Waals surface area contributed by atoms with Crippen molar-refractivity contribution in [2.75, 3.05) is 10.6 Å². The Morgan fingerprint density at radius 3 is 2.28 bits per heavy atom. The maximum atomic E-state index is 12.9. The molecule has 236 valence electrons. The molecule has 1 aliphatic heterocycles. The van der Waals surface area contributed by atoms with Crippen LogP contribution in [-0.2, 0) is 22.6 Å². The predicted octanol–water partition coefficient (Wildman–Crippen LogP) is 8.61. The summed E-state index contributed by atoms with van der Waals surface area (Å²) >= 11 is 12.5. The van der Waals surface area contributed by atoms with Crippen LogP contribution in [0.15, 0.2) is 109 Å². The zero-order chi connectivity index (χ0) is 32.0. The quantitative estimate of drug-likeness (QED) is 0.146. The van der Waals surface area contributed by atoms with Gasteiger partial charge in [0.05, 0.1) is 31.7 Å². The Morgan fingerprint density at radius 2 is 1.59 bits per heavy atom. The van der Waals surface area contributed by atoms with Crippen molar-refractivity contribution in [1.82, 2.24) is 9.55 Å². The number of nitrogens with one attached hydrogen (secondary N) is 2. The standard InChI is InChI=1S/C35H32Cl2N4O5/c1-22-30(19-41-21-38-32(36)33(41)37)45-34(46-31(22)24-12-10-23(20-42)11-13-24)25-6-5-7-27(18-25)40-35(43)39-26-14-16-29(17-15-26)44-28-8-3-2-4-9-28/h2-18,21-22,30-31,34,42H,19-20H2,1H3,(H2,39,40,43)/t22-,30+,31+,34+/m0/s1. The van der Waals surface area contributed by atoms with Gasteiger partial charge >= 0.3 is 6.03 Å². The molecule has 0 unspecified atom stereocenters. The van der Waals surface area contributed by atoms with Crippen LogP contribution >= 0.6 is 23.2 Å². The van der Waals surface area contributed by atoms with E-state index in [9.17, 15) is 9.90 Å². The third kappa shape index (κ3) is 7.52. The first-order valence-corrected chi connectivity index (χ1v) is 15.5. The minimum absolute atomic E-state index is 0.0447. The Bertz CT molecular complexity index is 1770. The largest absolute Gasteiger partial charge is 0.457 e. The highest BCUT2D eigenvalue weighted by Crippen LogP contribution is 2.42. The van der Waals surface area contributed by atoms with Crippen LogP contribution in [0.25, 0.3) is 0 Å². The van der Waals surface area contributed by atoms with E-state index in [1.807, 2.05) is 72.8 Å². The third-order valence-corrected chi connectivity index (χ3v) is 8.51. The molecule has 1 aromatic heterocycles. The molecule has 1 fully saturated rings. The summed E-state index contributed by atoms with van der Waals surface area (Å²) in [5, 5.41) is 15.8. The maximum absolute atomic E-state index is 12.9. The lowest BCUT2D eigenvalue weighted by Gasteiger charge is -2.41. The van der Waals surface area contributed by atoms with E-state index in [4.69, 9.17) is 37.4 Å². The molecule has 0 aliphatic carbocycles. The van der Waals surface area contributed by atoms with E-state index in [0.29, 0.717) is 28.8 Å². The summed E-state index contributed by atoms with van der Waals surface area (Å²) in [5.41, 5.74) is 3.66. The molecular weight excluding hydrogens is 627 g/mol. The van der Waals surface area contributed by atoms with Crippen molar-refractivity contribution in [3.05, 3.63) is 136 Å². The lowest BCUT2D eigenvalue weighted by molar-refractivity contribution is -0.276. The number of halogens is 2. The topological polar surface area (TPSA) is 107 Å². The maximum Gasteiger partial charge on any atom is 0.323 e. The van der Waals surface area contributed by atoms with Crippen molar-refractivity contribution in [2.45, 2.75) is 38.6 Å². The molecule has 9 nitrogen and oxygen atoms in total. The van der Waals surface area contributed by atoms with Crippen LogP contribution in [0.1, 0.15) is 36.0 Å². The number of hydrogen-bond donors (Lipinski definition) is 3. The molecule has 1 saturated heterocycles. The zero-order valence-electron chi connectivity index (χ0n) is 24.8. The number of amides is 2. The molecule has 3 N–H and O–H groups in total. The van der Waals surface area contributed by atoms with Gasteiger partial charge in [-0.3, -0.25) is 0 Å². The fraction of sp³-hybridized carbons (Fsp3) is 0.200. The summed E-state index contributed by atoms with van der Waals surface area (Å²) in [6, 6.07) is 31.2. The van der Waals surface area contributed by atoms with Crippen molar-refractivity contribution in [3.63, 3.8) is 0 Å². The molecule has 5 aromatic rings. The molecule has 46 heavy (non-hydrogen) atoms. The first-order valence-electron chi connectivity index (χ1n) is 14.7. The number of imidazole rings is 1. The third-order valence-electron chi connectivity index (χ3n) is 7.74. The van der Waals surface area contributed by atoms with Crippen LogP contribution in [-0.4, -0.2) is 26.8 Å².